The van der Waals surface area contributed by atoms with Crippen LogP contribution < -0.4 is 16.6 Å². The van der Waals surface area contributed by atoms with Crippen LogP contribution in [0.4, 0.5) is 5.82 Å². The number of oxazole rings is 1. The molecule has 8 nitrogen and oxygen atoms in total. The molecule has 2 aromatic carbocycles. The summed E-state index contributed by atoms with van der Waals surface area (Å²) in [4.78, 5) is 41.0. The van der Waals surface area contributed by atoms with Gasteiger partial charge in [0.25, 0.3) is 17.4 Å². The first-order valence-corrected chi connectivity index (χ1v) is 9.78. The molecule has 3 heterocycles. The molecule has 10 heteroatoms. The molecule has 30 heavy (non-hydrogen) atoms. The fourth-order valence-corrected chi connectivity index (χ4v) is 3.94. The maximum absolute atomic E-state index is 12.6. The summed E-state index contributed by atoms with van der Waals surface area (Å²) >= 11 is 9.65. The molecule has 0 saturated carbocycles. The van der Waals surface area contributed by atoms with Crippen LogP contribution >= 0.6 is 27.5 Å². The minimum atomic E-state index is -0.645. The Kier molecular flexibility index (Phi) is 4.05. The molecule has 2 aromatic heterocycles. The van der Waals surface area contributed by atoms with Crippen molar-refractivity contribution >= 4 is 56.3 Å². The maximum atomic E-state index is 12.6. The third kappa shape index (κ3) is 2.74. The van der Waals surface area contributed by atoms with Crippen molar-refractivity contribution in [1.29, 1.82) is 0 Å². The highest BCUT2D eigenvalue weighted by Crippen LogP contribution is 2.33. The number of hydrogen-bond donors (Lipinski definition) is 2. The number of halogens is 2. The lowest BCUT2D eigenvalue weighted by molar-refractivity contribution is 0.0880. The largest absolute Gasteiger partial charge is 0.436 e. The molecule has 1 aliphatic heterocycles. The number of carbonyl (C=O) groups excluding carboxylic acids is 2. The summed E-state index contributed by atoms with van der Waals surface area (Å²) in [7, 11) is 0. The number of carbonyl (C=O) groups is 2. The van der Waals surface area contributed by atoms with E-state index in [0.717, 1.165) is 15.1 Å². The fraction of sp³-hybridized carbons (Fsp3) is 0. The van der Waals surface area contributed by atoms with E-state index in [0.29, 0.717) is 33.3 Å². The SMILES string of the molecule is Nc1c2c(cc(=O)n1-c1ccc3oc(-c4cc(Br)ccc4Cl)nc3c1)C(=O)NC2=O. The summed E-state index contributed by atoms with van der Waals surface area (Å²) in [5.74, 6) is -1.10. The second-order valence-electron chi connectivity index (χ2n) is 6.57. The first kappa shape index (κ1) is 18.6. The van der Waals surface area contributed by atoms with Crippen LogP contribution in [0, 0.1) is 0 Å². The number of anilines is 1. The number of nitrogens with one attached hydrogen (secondary N) is 1. The van der Waals surface area contributed by atoms with Gasteiger partial charge in [-0.3, -0.25) is 24.3 Å². The molecule has 3 N–H and O–H groups in total. The molecule has 0 atom stereocenters. The Balaban J connectivity index is 1.68. The molecule has 0 unspecified atom stereocenters. The smallest absolute Gasteiger partial charge is 0.262 e. The number of pyridine rings is 1. The van der Waals surface area contributed by atoms with Gasteiger partial charge in [0.2, 0.25) is 5.89 Å². The Morgan fingerprint density at radius 2 is 1.83 bits per heavy atom. The van der Waals surface area contributed by atoms with Crippen molar-refractivity contribution in [2.75, 3.05) is 5.73 Å². The van der Waals surface area contributed by atoms with Gasteiger partial charge >= 0.3 is 0 Å². The summed E-state index contributed by atoms with van der Waals surface area (Å²) in [5.41, 5.74) is 7.39. The van der Waals surface area contributed by atoms with Crippen molar-refractivity contribution in [2.24, 2.45) is 0 Å². The number of amides is 2. The van der Waals surface area contributed by atoms with Gasteiger partial charge in [-0.1, -0.05) is 27.5 Å². The van der Waals surface area contributed by atoms with Crippen molar-refractivity contribution < 1.29 is 14.0 Å². The van der Waals surface area contributed by atoms with E-state index in [4.69, 9.17) is 21.8 Å². The van der Waals surface area contributed by atoms with Crippen LogP contribution in [0.3, 0.4) is 0 Å². The molecule has 5 rings (SSSR count). The monoisotopic (exact) mass is 484 g/mol. The fourth-order valence-electron chi connectivity index (χ4n) is 3.38. The zero-order valence-electron chi connectivity index (χ0n) is 14.9. The second kappa shape index (κ2) is 6.54. The summed E-state index contributed by atoms with van der Waals surface area (Å²) in [6.07, 6.45) is 0. The van der Waals surface area contributed by atoms with Gasteiger partial charge in [-0.15, -0.1) is 0 Å². The Hall–Kier alpha value is -3.43. The molecule has 0 radical (unpaired) electrons. The molecule has 0 aliphatic carbocycles. The molecule has 2 amide bonds. The molecule has 0 saturated heterocycles. The number of fused-ring (bicyclic) bond motifs is 2. The second-order valence-corrected chi connectivity index (χ2v) is 7.89. The Bertz CT molecular complexity index is 1470. The number of benzene rings is 2. The van der Waals surface area contributed by atoms with Gasteiger partial charge in [0.05, 0.1) is 27.4 Å². The van der Waals surface area contributed by atoms with Crippen molar-refractivity contribution in [3.8, 4) is 17.1 Å². The predicted octanol–water partition coefficient (Wildman–Crippen LogP) is 3.53. The number of nitrogens with zero attached hydrogens (tertiary/aromatic N) is 2. The summed E-state index contributed by atoms with van der Waals surface area (Å²) < 4.78 is 7.77. The summed E-state index contributed by atoms with van der Waals surface area (Å²) in [6, 6.07) is 11.2. The lowest BCUT2D eigenvalue weighted by Gasteiger charge is -2.11. The van der Waals surface area contributed by atoms with Gasteiger partial charge in [-0.25, -0.2) is 4.98 Å². The van der Waals surface area contributed by atoms with Crippen molar-refractivity contribution in [3.05, 3.63) is 73.4 Å². The molecule has 148 valence electrons. The highest BCUT2D eigenvalue weighted by Gasteiger charge is 2.31. The maximum Gasteiger partial charge on any atom is 0.262 e. The Labute approximate surface area is 181 Å². The van der Waals surface area contributed by atoms with Gasteiger partial charge in [-0.05, 0) is 36.4 Å². The molecule has 4 aromatic rings. The summed E-state index contributed by atoms with van der Waals surface area (Å²) in [6.45, 7) is 0. The highest BCUT2D eigenvalue weighted by atomic mass is 79.9. The Morgan fingerprint density at radius 3 is 2.63 bits per heavy atom. The molecule has 0 spiro atoms. The summed E-state index contributed by atoms with van der Waals surface area (Å²) in [5, 5.41) is 2.61. The molecular formula is C20H10BrClN4O4. The van der Waals surface area contributed by atoms with Crippen LogP contribution in [0.1, 0.15) is 20.7 Å². The Morgan fingerprint density at radius 1 is 1.03 bits per heavy atom. The van der Waals surface area contributed by atoms with E-state index >= 15 is 0 Å². The van der Waals surface area contributed by atoms with Gasteiger partial charge in [0, 0.05) is 10.5 Å². The predicted molar refractivity (Wildman–Crippen MR) is 114 cm³/mol. The highest BCUT2D eigenvalue weighted by molar-refractivity contribution is 9.10. The molecule has 1 aliphatic rings. The average Bonchev–Trinajstić information content (AvgIpc) is 3.24. The number of aromatic nitrogens is 2. The van der Waals surface area contributed by atoms with E-state index in [2.05, 4.69) is 26.2 Å². The minimum absolute atomic E-state index is 0.0264. The standard InChI is InChI=1S/C20H10BrClN4O4/c21-8-1-3-12(22)10(5-8)20-24-13-6-9(2-4-14(13)30-20)26-15(27)7-11-16(17(26)23)19(29)25-18(11)28/h1-7H,23H2,(H,25,28,29). The lowest BCUT2D eigenvalue weighted by atomic mass is 10.1. The van der Waals surface area contributed by atoms with Crippen LogP contribution in [0.25, 0.3) is 28.2 Å². The van der Waals surface area contributed by atoms with Crippen LogP contribution in [0.5, 0.6) is 0 Å². The normalized spacial score (nSPS) is 13.0. The van der Waals surface area contributed by atoms with E-state index in [1.807, 2.05) is 0 Å². The first-order valence-electron chi connectivity index (χ1n) is 8.61. The van der Waals surface area contributed by atoms with E-state index in [9.17, 15) is 14.4 Å². The lowest BCUT2D eigenvalue weighted by Crippen LogP contribution is -2.24. The van der Waals surface area contributed by atoms with Crippen LogP contribution in [0.15, 0.2) is 56.1 Å². The number of rotatable bonds is 2. The van der Waals surface area contributed by atoms with Crippen molar-refractivity contribution in [1.82, 2.24) is 14.9 Å². The molecule has 0 bridgehead atoms. The van der Waals surface area contributed by atoms with Crippen molar-refractivity contribution in [3.63, 3.8) is 0 Å². The number of nitrogens with two attached hydrogens (primary N) is 1. The molecule has 0 fully saturated rings. The van der Waals surface area contributed by atoms with Crippen LogP contribution in [-0.4, -0.2) is 21.4 Å². The minimum Gasteiger partial charge on any atom is -0.436 e. The first-order chi connectivity index (χ1) is 14.3. The van der Waals surface area contributed by atoms with Gasteiger partial charge < -0.3 is 10.2 Å². The average molecular weight is 486 g/mol. The topological polar surface area (TPSA) is 120 Å². The zero-order chi connectivity index (χ0) is 21.2. The van der Waals surface area contributed by atoms with Gasteiger partial charge in [0.15, 0.2) is 5.58 Å². The van der Waals surface area contributed by atoms with Crippen molar-refractivity contribution in [2.45, 2.75) is 0 Å². The molecular weight excluding hydrogens is 476 g/mol. The van der Waals surface area contributed by atoms with Gasteiger partial charge in [-0.2, -0.15) is 0 Å². The quantitative estimate of drug-likeness (QED) is 0.419. The van der Waals surface area contributed by atoms with E-state index in [-0.39, 0.29) is 16.9 Å². The number of nitrogen functional groups attached to an aromatic ring is 1. The van der Waals surface area contributed by atoms with Crippen LogP contribution in [-0.2, 0) is 0 Å². The zero-order valence-corrected chi connectivity index (χ0v) is 17.2. The van der Waals surface area contributed by atoms with E-state index in [1.165, 1.54) is 0 Å². The number of hydrogen-bond acceptors (Lipinski definition) is 6. The third-order valence-electron chi connectivity index (χ3n) is 4.74. The van der Waals surface area contributed by atoms with E-state index in [1.54, 1.807) is 36.4 Å². The van der Waals surface area contributed by atoms with Crippen LogP contribution in [0.2, 0.25) is 5.02 Å². The van der Waals surface area contributed by atoms with E-state index < -0.39 is 17.4 Å². The number of imide groups is 1. The third-order valence-corrected chi connectivity index (χ3v) is 5.56. The van der Waals surface area contributed by atoms with Gasteiger partial charge in [0.1, 0.15) is 11.3 Å².